The van der Waals surface area contributed by atoms with Gasteiger partial charge in [0.25, 0.3) is 0 Å². The Hall–Kier alpha value is -1.97. The summed E-state index contributed by atoms with van der Waals surface area (Å²) in [5, 5.41) is 0. The Labute approximate surface area is 131 Å². The molecule has 1 aromatic carbocycles. The topological polar surface area (TPSA) is 38.8 Å². The lowest BCUT2D eigenvalue weighted by Crippen LogP contribution is -2.36. The highest BCUT2D eigenvalue weighted by Gasteiger charge is 2.18. The van der Waals surface area contributed by atoms with E-state index >= 15 is 0 Å². The highest BCUT2D eigenvalue weighted by atomic mass is 16.5. The maximum Gasteiger partial charge on any atom is 0.246 e. The fraction of sp³-hybridized carbons (Fsp3) is 0.500. The van der Waals surface area contributed by atoms with Crippen LogP contribution in [0.4, 0.5) is 0 Å². The van der Waals surface area contributed by atoms with Gasteiger partial charge in [0.15, 0.2) is 11.5 Å². The van der Waals surface area contributed by atoms with Crippen LogP contribution in [0.5, 0.6) is 11.5 Å². The smallest absolute Gasteiger partial charge is 0.246 e. The van der Waals surface area contributed by atoms with Crippen LogP contribution in [-0.4, -0.2) is 37.1 Å². The molecule has 0 aromatic heterocycles. The number of carbonyl (C=O) groups is 1. The molecule has 0 bridgehead atoms. The lowest BCUT2D eigenvalue weighted by Gasteiger charge is -2.29. The van der Waals surface area contributed by atoms with E-state index in [-0.39, 0.29) is 5.91 Å². The third-order valence-corrected chi connectivity index (χ3v) is 4.29. The van der Waals surface area contributed by atoms with Gasteiger partial charge in [0.1, 0.15) is 0 Å². The molecule has 4 nitrogen and oxygen atoms in total. The second kappa shape index (κ2) is 6.86. The Morgan fingerprint density at radius 2 is 1.91 bits per heavy atom. The molecule has 0 saturated carbocycles. The number of likely N-dealkylation sites (tertiary alicyclic amines) is 1. The normalized spacial score (nSPS) is 19.2. The van der Waals surface area contributed by atoms with E-state index in [4.69, 9.17) is 9.47 Å². The minimum atomic E-state index is 0.0963. The molecular formula is C18H23NO3. The van der Waals surface area contributed by atoms with E-state index in [1.807, 2.05) is 29.2 Å². The van der Waals surface area contributed by atoms with Gasteiger partial charge in [-0.3, -0.25) is 4.79 Å². The Morgan fingerprint density at radius 1 is 1.18 bits per heavy atom. The van der Waals surface area contributed by atoms with Gasteiger partial charge in [-0.15, -0.1) is 0 Å². The Kier molecular flexibility index (Phi) is 4.66. The SMILES string of the molecule is CC1CCN(C(=O)/C=C/c2ccc3c(c2)OCCCO3)CC1. The number of hydrogen-bond donors (Lipinski definition) is 0. The molecule has 0 aliphatic carbocycles. The van der Waals surface area contributed by atoms with Gasteiger partial charge >= 0.3 is 0 Å². The van der Waals surface area contributed by atoms with Crippen molar-refractivity contribution in [3.63, 3.8) is 0 Å². The van der Waals surface area contributed by atoms with Crippen LogP contribution < -0.4 is 9.47 Å². The number of carbonyl (C=O) groups excluding carboxylic acids is 1. The second-order valence-electron chi connectivity index (χ2n) is 6.10. The summed E-state index contributed by atoms with van der Waals surface area (Å²) in [6.07, 6.45) is 6.61. The highest BCUT2D eigenvalue weighted by Crippen LogP contribution is 2.30. The zero-order valence-corrected chi connectivity index (χ0v) is 13.1. The number of hydrogen-bond acceptors (Lipinski definition) is 3. The van der Waals surface area contributed by atoms with E-state index in [9.17, 15) is 4.79 Å². The summed E-state index contributed by atoms with van der Waals surface area (Å²) in [4.78, 5) is 14.1. The van der Waals surface area contributed by atoms with Crippen LogP contribution in [0.3, 0.4) is 0 Å². The summed E-state index contributed by atoms with van der Waals surface area (Å²) in [6, 6.07) is 5.80. The van der Waals surface area contributed by atoms with Gasteiger partial charge in [0, 0.05) is 25.6 Å². The van der Waals surface area contributed by atoms with E-state index in [0.717, 1.165) is 55.3 Å². The summed E-state index contributed by atoms with van der Waals surface area (Å²) >= 11 is 0. The fourth-order valence-electron chi connectivity index (χ4n) is 2.79. The van der Waals surface area contributed by atoms with E-state index in [1.165, 1.54) is 0 Å². The first-order valence-electron chi connectivity index (χ1n) is 8.09. The zero-order valence-electron chi connectivity index (χ0n) is 13.1. The van der Waals surface area contributed by atoms with Crippen LogP contribution in [0.15, 0.2) is 24.3 Å². The molecule has 1 saturated heterocycles. The molecule has 22 heavy (non-hydrogen) atoms. The summed E-state index contributed by atoms with van der Waals surface area (Å²) in [7, 11) is 0. The van der Waals surface area contributed by atoms with Crippen molar-refractivity contribution in [2.75, 3.05) is 26.3 Å². The Bertz CT molecular complexity index is 559. The molecular weight excluding hydrogens is 278 g/mol. The average molecular weight is 301 g/mol. The van der Waals surface area contributed by atoms with Crippen LogP contribution >= 0.6 is 0 Å². The van der Waals surface area contributed by atoms with Gasteiger partial charge in [-0.1, -0.05) is 13.0 Å². The monoisotopic (exact) mass is 301 g/mol. The minimum absolute atomic E-state index is 0.0963. The summed E-state index contributed by atoms with van der Waals surface area (Å²) in [6.45, 7) is 5.34. The van der Waals surface area contributed by atoms with Crippen molar-refractivity contribution in [1.29, 1.82) is 0 Å². The second-order valence-corrected chi connectivity index (χ2v) is 6.10. The molecule has 2 aliphatic heterocycles. The minimum Gasteiger partial charge on any atom is -0.490 e. The van der Waals surface area contributed by atoms with Crippen LogP contribution in [0, 0.1) is 5.92 Å². The maximum atomic E-state index is 12.2. The molecule has 0 unspecified atom stereocenters. The zero-order chi connectivity index (χ0) is 15.4. The van der Waals surface area contributed by atoms with Gasteiger partial charge in [-0.25, -0.2) is 0 Å². The Balaban J connectivity index is 1.65. The van der Waals surface area contributed by atoms with Crippen molar-refractivity contribution in [1.82, 2.24) is 4.90 Å². The van der Waals surface area contributed by atoms with Crippen molar-refractivity contribution in [2.24, 2.45) is 5.92 Å². The number of piperidine rings is 1. The van der Waals surface area contributed by atoms with Crippen LogP contribution in [0.2, 0.25) is 0 Å². The molecule has 1 fully saturated rings. The third-order valence-electron chi connectivity index (χ3n) is 4.29. The van der Waals surface area contributed by atoms with Gasteiger partial charge in [0.2, 0.25) is 5.91 Å². The first-order chi connectivity index (χ1) is 10.7. The van der Waals surface area contributed by atoms with Crippen molar-refractivity contribution in [3.8, 4) is 11.5 Å². The molecule has 2 heterocycles. The number of ether oxygens (including phenoxy) is 2. The average Bonchev–Trinajstić information content (AvgIpc) is 2.78. The standard InChI is InChI=1S/C18H23NO3/c1-14-7-9-19(10-8-14)18(20)6-4-15-3-5-16-17(13-15)22-12-2-11-21-16/h3-6,13-14H,2,7-12H2,1H3/b6-4+. The van der Waals surface area contributed by atoms with Crippen molar-refractivity contribution in [3.05, 3.63) is 29.8 Å². The molecule has 4 heteroatoms. The quantitative estimate of drug-likeness (QED) is 0.788. The fourth-order valence-corrected chi connectivity index (χ4v) is 2.79. The number of fused-ring (bicyclic) bond motifs is 1. The summed E-state index contributed by atoms with van der Waals surface area (Å²) in [5.74, 6) is 2.37. The van der Waals surface area contributed by atoms with E-state index in [1.54, 1.807) is 6.08 Å². The van der Waals surface area contributed by atoms with E-state index in [2.05, 4.69) is 6.92 Å². The lowest BCUT2D eigenvalue weighted by molar-refractivity contribution is -0.127. The predicted octanol–water partition coefficient (Wildman–Crippen LogP) is 3.12. The molecule has 1 amide bonds. The summed E-state index contributed by atoms with van der Waals surface area (Å²) in [5.41, 5.74) is 0.961. The Morgan fingerprint density at radius 3 is 2.68 bits per heavy atom. The van der Waals surface area contributed by atoms with Crippen LogP contribution in [-0.2, 0) is 4.79 Å². The third kappa shape index (κ3) is 3.62. The number of nitrogens with zero attached hydrogens (tertiary/aromatic N) is 1. The van der Waals surface area contributed by atoms with Crippen LogP contribution in [0.25, 0.3) is 6.08 Å². The largest absolute Gasteiger partial charge is 0.490 e. The number of rotatable bonds is 2. The first-order valence-corrected chi connectivity index (χ1v) is 8.09. The van der Waals surface area contributed by atoms with Crippen molar-refractivity contribution >= 4 is 12.0 Å². The number of benzene rings is 1. The summed E-state index contributed by atoms with van der Waals surface area (Å²) < 4.78 is 11.3. The van der Waals surface area contributed by atoms with Gasteiger partial charge in [-0.2, -0.15) is 0 Å². The molecule has 0 atom stereocenters. The molecule has 2 aliphatic rings. The van der Waals surface area contributed by atoms with Gasteiger partial charge in [-0.05, 0) is 42.5 Å². The molecule has 1 aromatic rings. The van der Waals surface area contributed by atoms with Gasteiger partial charge < -0.3 is 14.4 Å². The molecule has 3 rings (SSSR count). The van der Waals surface area contributed by atoms with Crippen molar-refractivity contribution in [2.45, 2.75) is 26.2 Å². The first kappa shape index (κ1) is 14.9. The maximum absolute atomic E-state index is 12.2. The van der Waals surface area contributed by atoms with E-state index < -0.39 is 0 Å². The molecule has 118 valence electrons. The van der Waals surface area contributed by atoms with Crippen LogP contribution in [0.1, 0.15) is 31.7 Å². The number of amides is 1. The molecule has 0 radical (unpaired) electrons. The molecule has 0 spiro atoms. The van der Waals surface area contributed by atoms with E-state index in [0.29, 0.717) is 13.2 Å². The predicted molar refractivity (Wildman–Crippen MR) is 86.1 cm³/mol. The highest BCUT2D eigenvalue weighted by molar-refractivity contribution is 5.91. The van der Waals surface area contributed by atoms with Crippen molar-refractivity contribution < 1.29 is 14.3 Å². The van der Waals surface area contributed by atoms with Gasteiger partial charge in [0.05, 0.1) is 13.2 Å². The lowest BCUT2D eigenvalue weighted by atomic mass is 9.99. The molecule has 0 N–H and O–H groups in total.